The van der Waals surface area contributed by atoms with Gasteiger partial charge in [0.25, 0.3) is 0 Å². The standard InChI is InChI=1S/C15H19NO/c1-3-12-6-4-5-7-14(12)15-9-8-13(17-15)10-11(2)16/h4-9,11H,3,10,16H2,1-2H3. The number of rotatable bonds is 4. The lowest BCUT2D eigenvalue weighted by Gasteiger charge is -2.05. The zero-order chi connectivity index (χ0) is 12.3. The van der Waals surface area contributed by atoms with Crippen LogP contribution < -0.4 is 5.73 Å². The minimum atomic E-state index is 0.135. The van der Waals surface area contributed by atoms with E-state index in [1.807, 2.05) is 25.1 Å². The van der Waals surface area contributed by atoms with Gasteiger partial charge in [-0.3, -0.25) is 0 Å². The molecule has 1 heterocycles. The second-order valence-corrected chi connectivity index (χ2v) is 4.46. The minimum absolute atomic E-state index is 0.135. The number of hydrogen-bond donors (Lipinski definition) is 1. The van der Waals surface area contributed by atoms with E-state index in [-0.39, 0.29) is 6.04 Å². The highest BCUT2D eigenvalue weighted by atomic mass is 16.3. The van der Waals surface area contributed by atoms with Crippen LogP contribution in [0.5, 0.6) is 0 Å². The van der Waals surface area contributed by atoms with Crippen LogP contribution in [0, 0.1) is 0 Å². The van der Waals surface area contributed by atoms with Crippen molar-refractivity contribution in [3.63, 3.8) is 0 Å². The molecule has 0 aliphatic carbocycles. The number of aryl methyl sites for hydroxylation is 1. The first kappa shape index (κ1) is 11.9. The average Bonchev–Trinajstić information content (AvgIpc) is 2.76. The molecule has 1 aromatic heterocycles. The Morgan fingerprint density at radius 2 is 1.94 bits per heavy atom. The summed E-state index contributed by atoms with van der Waals surface area (Å²) in [6.07, 6.45) is 1.80. The van der Waals surface area contributed by atoms with Crippen molar-refractivity contribution in [3.05, 3.63) is 47.7 Å². The molecule has 0 fully saturated rings. The number of furan rings is 1. The van der Waals surface area contributed by atoms with Gasteiger partial charge in [0.1, 0.15) is 11.5 Å². The van der Waals surface area contributed by atoms with Gasteiger partial charge in [0.15, 0.2) is 0 Å². The van der Waals surface area contributed by atoms with E-state index in [9.17, 15) is 0 Å². The summed E-state index contributed by atoms with van der Waals surface area (Å²) >= 11 is 0. The molecular formula is C15H19NO. The Morgan fingerprint density at radius 1 is 1.18 bits per heavy atom. The molecular weight excluding hydrogens is 210 g/mol. The SMILES string of the molecule is CCc1ccccc1-c1ccc(CC(C)N)o1. The topological polar surface area (TPSA) is 39.2 Å². The first-order chi connectivity index (χ1) is 8.20. The molecule has 0 spiro atoms. The largest absolute Gasteiger partial charge is 0.461 e. The molecule has 0 amide bonds. The van der Waals surface area contributed by atoms with Crippen molar-refractivity contribution in [2.45, 2.75) is 32.7 Å². The molecule has 1 atom stereocenters. The summed E-state index contributed by atoms with van der Waals surface area (Å²) in [5, 5.41) is 0. The normalized spacial score (nSPS) is 12.6. The molecule has 0 aliphatic heterocycles. The van der Waals surface area contributed by atoms with Crippen LogP contribution in [0.3, 0.4) is 0 Å². The zero-order valence-corrected chi connectivity index (χ0v) is 10.4. The molecule has 0 saturated heterocycles. The van der Waals surface area contributed by atoms with Gasteiger partial charge in [-0.25, -0.2) is 0 Å². The molecule has 2 nitrogen and oxygen atoms in total. The predicted molar refractivity (Wildman–Crippen MR) is 70.9 cm³/mol. The van der Waals surface area contributed by atoms with Gasteiger partial charge >= 0.3 is 0 Å². The summed E-state index contributed by atoms with van der Waals surface area (Å²) in [5.74, 6) is 1.90. The van der Waals surface area contributed by atoms with E-state index in [0.717, 1.165) is 24.4 Å². The third-order valence-electron chi connectivity index (χ3n) is 2.85. The maximum atomic E-state index is 5.84. The number of hydrogen-bond acceptors (Lipinski definition) is 2. The maximum absolute atomic E-state index is 5.84. The van der Waals surface area contributed by atoms with Crippen LogP contribution >= 0.6 is 0 Å². The Hall–Kier alpha value is -1.54. The van der Waals surface area contributed by atoms with E-state index >= 15 is 0 Å². The monoisotopic (exact) mass is 229 g/mol. The van der Waals surface area contributed by atoms with Gasteiger partial charge in [-0.2, -0.15) is 0 Å². The van der Waals surface area contributed by atoms with Crippen LogP contribution in [0.2, 0.25) is 0 Å². The number of nitrogens with two attached hydrogens (primary N) is 1. The van der Waals surface area contributed by atoms with E-state index in [1.165, 1.54) is 11.1 Å². The molecule has 2 rings (SSSR count). The highest BCUT2D eigenvalue weighted by Crippen LogP contribution is 2.26. The van der Waals surface area contributed by atoms with Crippen LogP contribution in [0.1, 0.15) is 25.2 Å². The summed E-state index contributed by atoms with van der Waals surface area (Å²) in [5.41, 5.74) is 8.27. The summed E-state index contributed by atoms with van der Waals surface area (Å²) < 4.78 is 5.84. The van der Waals surface area contributed by atoms with E-state index in [0.29, 0.717) is 0 Å². The highest BCUT2D eigenvalue weighted by molar-refractivity contribution is 5.62. The molecule has 2 N–H and O–H groups in total. The first-order valence-corrected chi connectivity index (χ1v) is 6.13. The summed E-state index contributed by atoms with van der Waals surface area (Å²) in [6, 6.07) is 12.5. The van der Waals surface area contributed by atoms with E-state index in [4.69, 9.17) is 10.2 Å². The fraction of sp³-hybridized carbons (Fsp3) is 0.333. The van der Waals surface area contributed by atoms with E-state index in [2.05, 4.69) is 25.1 Å². The van der Waals surface area contributed by atoms with E-state index in [1.54, 1.807) is 0 Å². The van der Waals surface area contributed by atoms with Crippen LogP contribution in [0.4, 0.5) is 0 Å². The molecule has 0 aliphatic rings. The van der Waals surface area contributed by atoms with Gasteiger partial charge in [-0.05, 0) is 31.0 Å². The molecule has 0 radical (unpaired) electrons. The van der Waals surface area contributed by atoms with Crippen molar-refractivity contribution >= 4 is 0 Å². The van der Waals surface area contributed by atoms with Crippen LogP contribution in [-0.4, -0.2) is 6.04 Å². The Balaban J connectivity index is 2.30. The van der Waals surface area contributed by atoms with Gasteiger partial charge in [0.2, 0.25) is 0 Å². The van der Waals surface area contributed by atoms with Crippen LogP contribution in [-0.2, 0) is 12.8 Å². The smallest absolute Gasteiger partial charge is 0.134 e. The Labute approximate surface area is 102 Å². The van der Waals surface area contributed by atoms with E-state index < -0.39 is 0 Å². The van der Waals surface area contributed by atoms with Crippen LogP contribution in [0.25, 0.3) is 11.3 Å². The fourth-order valence-electron chi connectivity index (χ4n) is 2.02. The van der Waals surface area contributed by atoms with Gasteiger partial charge in [-0.15, -0.1) is 0 Å². The maximum Gasteiger partial charge on any atom is 0.134 e. The van der Waals surface area contributed by atoms with Crippen molar-refractivity contribution in [2.24, 2.45) is 5.73 Å². The molecule has 0 saturated carbocycles. The molecule has 1 unspecified atom stereocenters. The third kappa shape index (κ3) is 2.77. The van der Waals surface area contributed by atoms with Crippen molar-refractivity contribution in [1.82, 2.24) is 0 Å². The third-order valence-corrected chi connectivity index (χ3v) is 2.85. The molecule has 2 heteroatoms. The lowest BCUT2D eigenvalue weighted by Crippen LogP contribution is -2.17. The van der Waals surface area contributed by atoms with Gasteiger partial charge in [0.05, 0.1) is 0 Å². The second kappa shape index (κ2) is 5.19. The predicted octanol–water partition coefficient (Wildman–Crippen LogP) is 3.40. The van der Waals surface area contributed by atoms with Crippen molar-refractivity contribution in [2.75, 3.05) is 0 Å². The Kier molecular flexibility index (Phi) is 3.64. The highest BCUT2D eigenvalue weighted by Gasteiger charge is 2.09. The lowest BCUT2D eigenvalue weighted by atomic mass is 10.0. The average molecular weight is 229 g/mol. The second-order valence-electron chi connectivity index (χ2n) is 4.46. The van der Waals surface area contributed by atoms with Crippen molar-refractivity contribution < 1.29 is 4.42 Å². The lowest BCUT2D eigenvalue weighted by molar-refractivity contribution is 0.503. The van der Waals surface area contributed by atoms with Crippen molar-refractivity contribution in [3.8, 4) is 11.3 Å². The van der Waals surface area contributed by atoms with Crippen LogP contribution in [0.15, 0.2) is 40.8 Å². The molecule has 0 bridgehead atoms. The summed E-state index contributed by atoms with van der Waals surface area (Å²) in [4.78, 5) is 0. The summed E-state index contributed by atoms with van der Waals surface area (Å²) in [6.45, 7) is 4.15. The Morgan fingerprint density at radius 3 is 2.65 bits per heavy atom. The molecule has 90 valence electrons. The van der Waals surface area contributed by atoms with Gasteiger partial charge in [-0.1, -0.05) is 31.2 Å². The Bertz CT molecular complexity index is 485. The van der Waals surface area contributed by atoms with Crippen molar-refractivity contribution in [1.29, 1.82) is 0 Å². The molecule has 1 aromatic carbocycles. The molecule has 2 aromatic rings. The quantitative estimate of drug-likeness (QED) is 0.872. The number of benzene rings is 1. The van der Waals surface area contributed by atoms with Gasteiger partial charge < -0.3 is 10.2 Å². The zero-order valence-electron chi connectivity index (χ0n) is 10.4. The van der Waals surface area contributed by atoms with Gasteiger partial charge in [0, 0.05) is 18.0 Å². The molecule has 17 heavy (non-hydrogen) atoms. The minimum Gasteiger partial charge on any atom is -0.461 e. The summed E-state index contributed by atoms with van der Waals surface area (Å²) in [7, 11) is 0. The first-order valence-electron chi connectivity index (χ1n) is 6.13. The fourth-order valence-corrected chi connectivity index (χ4v) is 2.02.